The molecule has 6 heteroatoms. The first-order chi connectivity index (χ1) is 7.75. The molecule has 2 heterocycles. The average Bonchev–Trinajstić information content (AvgIpc) is 2.83. The van der Waals surface area contributed by atoms with Crippen molar-refractivity contribution in [2.24, 2.45) is 7.05 Å². The van der Waals surface area contributed by atoms with E-state index in [1.165, 1.54) is 0 Å². The first-order valence-corrected chi connectivity index (χ1v) is 6.08. The molecule has 0 atom stereocenters. The van der Waals surface area contributed by atoms with Crippen molar-refractivity contribution in [3.05, 3.63) is 28.2 Å². The molecule has 86 valence electrons. The molecule has 2 aromatic rings. The molecule has 2 aromatic heterocycles. The van der Waals surface area contributed by atoms with E-state index in [1.54, 1.807) is 17.7 Å². The molecule has 0 saturated carbocycles. The van der Waals surface area contributed by atoms with Crippen molar-refractivity contribution in [1.29, 1.82) is 0 Å². The first kappa shape index (κ1) is 11.2. The maximum absolute atomic E-state index is 4.41. The standard InChI is InChI=1S/C10H15N5S/c1-8-13-9(6-16-8)3-4-11-5-10-14-12-7-15(10)2/h6-7,11H,3-5H2,1-2H3. The number of nitrogens with zero attached hydrogens (tertiary/aromatic N) is 4. The van der Waals surface area contributed by atoms with Gasteiger partial charge >= 0.3 is 0 Å². The van der Waals surface area contributed by atoms with Crippen molar-refractivity contribution in [2.75, 3.05) is 6.54 Å². The Morgan fingerprint density at radius 1 is 1.50 bits per heavy atom. The highest BCUT2D eigenvalue weighted by molar-refractivity contribution is 7.09. The molecule has 1 N–H and O–H groups in total. The van der Waals surface area contributed by atoms with Crippen LogP contribution in [0, 0.1) is 6.92 Å². The summed E-state index contributed by atoms with van der Waals surface area (Å²) >= 11 is 1.70. The van der Waals surface area contributed by atoms with Crippen molar-refractivity contribution in [1.82, 2.24) is 25.1 Å². The molecule has 0 spiro atoms. The number of rotatable bonds is 5. The number of nitrogens with one attached hydrogen (secondary N) is 1. The van der Waals surface area contributed by atoms with Crippen LogP contribution in [0.3, 0.4) is 0 Å². The van der Waals surface area contributed by atoms with Gasteiger partial charge in [0.2, 0.25) is 0 Å². The van der Waals surface area contributed by atoms with Gasteiger partial charge in [-0.2, -0.15) is 0 Å². The van der Waals surface area contributed by atoms with Gasteiger partial charge in [0.05, 0.1) is 17.2 Å². The van der Waals surface area contributed by atoms with Crippen LogP contribution in [0.2, 0.25) is 0 Å². The normalized spacial score (nSPS) is 10.9. The van der Waals surface area contributed by atoms with E-state index in [0.717, 1.165) is 36.0 Å². The third-order valence-electron chi connectivity index (χ3n) is 2.31. The van der Waals surface area contributed by atoms with Crippen LogP contribution < -0.4 is 5.32 Å². The fourth-order valence-corrected chi connectivity index (χ4v) is 2.05. The fourth-order valence-electron chi connectivity index (χ4n) is 1.41. The third-order valence-corrected chi connectivity index (χ3v) is 3.14. The fraction of sp³-hybridized carbons (Fsp3) is 0.500. The van der Waals surface area contributed by atoms with Crippen LogP contribution in [-0.2, 0) is 20.0 Å². The monoisotopic (exact) mass is 237 g/mol. The molecule has 0 unspecified atom stereocenters. The van der Waals surface area contributed by atoms with E-state index in [4.69, 9.17) is 0 Å². The lowest BCUT2D eigenvalue weighted by Crippen LogP contribution is -2.19. The minimum absolute atomic E-state index is 0.750. The average molecular weight is 237 g/mol. The van der Waals surface area contributed by atoms with E-state index >= 15 is 0 Å². The molecule has 0 saturated heterocycles. The second kappa shape index (κ2) is 5.18. The number of aromatic nitrogens is 4. The Balaban J connectivity index is 1.71. The van der Waals surface area contributed by atoms with Gasteiger partial charge in [-0.15, -0.1) is 21.5 Å². The Hall–Kier alpha value is -1.27. The first-order valence-electron chi connectivity index (χ1n) is 5.20. The highest BCUT2D eigenvalue weighted by Gasteiger charge is 2.00. The predicted octanol–water partition coefficient (Wildman–Crippen LogP) is 0.912. The SMILES string of the molecule is Cc1nc(CCNCc2nncn2C)cs1. The van der Waals surface area contributed by atoms with E-state index in [9.17, 15) is 0 Å². The van der Waals surface area contributed by atoms with Crippen LogP contribution in [0.25, 0.3) is 0 Å². The lowest BCUT2D eigenvalue weighted by Gasteiger charge is -2.02. The molecule has 0 aliphatic carbocycles. The maximum Gasteiger partial charge on any atom is 0.146 e. The lowest BCUT2D eigenvalue weighted by atomic mass is 10.3. The molecule has 0 aliphatic heterocycles. The zero-order valence-electron chi connectivity index (χ0n) is 9.47. The maximum atomic E-state index is 4.41. The zero-order chi connectivity index (χ0) is 11.4. The smallest absolute Gasteiger partial charge is 0.146 e. The number of aryl methyl sites for hydroxylation is 2. The molecule has 0 bridgehead atoms. The van der Waals surface area contributed by atoms with E-state index in [-0.39, 0.29) is 0 Å². The van der Waals surface area contributed by atoms with Crippen molar-refractivity contribution in [3.63, 3.8) is 0 Å². The summed E-state index contributed by atoms with van der Waals surface area (Å²) in [6.45, 7) is 3.69. The summed E-state index contributed by atoms with van der Waals surface area (Å²) in [6.07, 6.45) is 2.67. The quantitative estimate of drug-likeness (QED) is 0.785. The second-order valence-electron chi connectivity index (χ2n) is 3.64. The number of thiazole rings is 1. The molecule has 16 heavy (non-hydrogen) atoms. The van der Waals surface area contributed by atoms with Gasteiger partial charge in [-0.1, -0.05) is 0 Å². The van der Waals surface area contributed by atoms with Gasteiger partial charge in [0.1, 0.15) is 12.2 Å². The van der Waals surface area contributed by atoms with Gasteiger partial charge < -0.3 is 9.88 Å². The van der Waals surface area contributed by atoms with Crippen LogP contribution in [0.4, 0.5) is 0 Å². The largest absolute Gasteiger partial charge is 0.320 e. The Kier molecular flexibility index (Phi) is 3.63. The van der Waals surface area contributed by atoms with Gasteiger partial charge in [0.25, 0.3) is 0 Å². The minimum atomic E-state index is 0.750. The van der Waals surface area contributed by atoms with E-state index in [0.29, 0.717) is 0 Å². The third kappa shape index (κ3) is 2.86. The highest BCUT2D eigenvalue weighted by atomic mass is 32.1. The van der Waals surface area contributed by atoms with Crippen LogP contribution >= 0.6 is 11.3 Å². The van der Waals surface area contributed by atoms with Gasteiger partial charge in [-0.25, -0.2) is 4.98 Å². The molecular formula is C10H15N5S. The summed E-state index contributed by atoms with van der Waals surface area (Å²) < 4.78 is 1.92. The molecule has 2 rings (SSSR count). The van der Waals surface area contributed by atoms with E-state index < -0.39 is 0 Å². The minimum Gasteiger partial charge on any atom is -0.320 e. The molecular weight excluding hydrogens is 222 g/mol. The molecule has 0 aliphatic rings. The lowest BCUT2D eigenvalue weighted by molar-refractivity contribution is 0.633. The Morgan fingerprint density at radius 2 is 2.38 bits per heavy atom. The van der Waals surface area contributed by atoms with Crippen molar-refractivity contribution < 1.29 is 0 Å². The topological polar surface area (TPSA) is 55.6 Å². The summed E-state index contributed by atoms with van der Waals surface area (Å²) in [5, 5.41) is 14.4. The molecule has 5 nitrogen and oxygen atoms in total. The second-order valence-corrected chi connectivity index (χ2v) is 4.70. The van der Waals surface area contributed by atoms with Crippen molar-refractivity contribution in [3.8, 4) is 0 Å². The van der Waals surface area contributed by atoms with Gasteiger partial charge in [-0.3, -0.25) is 0 Å². The summed E-state index contributed by atoms with van der Waals surface area (Å²) in [6, 6.07) is 0. The molecule has 0 fully saturated rings. The highest BCUT2D eigenvalue weighted by Crippen LogP contribution is 2.07. The van der Waals surface area contributed by atoms with Gasteiger partial charge in [0.15, 0.2) is 0 Å². The summed E-state index contributed by atoms with van der Waals surface area (Å²) in [7, 11) is 1.95. The van der Waals surface area contributed by atoms with Crippen LogP contribution in [0.1, 0.15) is 16.5 Å². The van der Waals surface area contributed by atoms with E-state index in [2.05, 4.69) is 25.9 Å². The van der Waals surface area contributed by atoms with E-state index in [1.807, 2.05) is 18.5 Å². The van der Waals surface area contributed by atoms with Crippen LogP contribution in [-0.4, -0.2) is 26.3 Å². The Bertz CT molecular complexity index is 448. The molecule has 0 amide bonds. The summed E-state index contributed by atoms with van der Waals surface area (Å²) in [5.41, 5.74) is 1.16. The summed E-state index contributed by atoms with van der Waals surface area (Å²) in [5.74, 6) is 0.953. The Morgan fingerprint density at radius 3 is 3.00 bits per heavy atom. The van der Waals surface area contributed by atoms with Crippen molar-refractivity contribution >= 4 is 11.3 Å². The van der Waals surface area contributed by atoms with Gasteiger partial charge in [0, 0.05) is 25.4 Å². The predicted molar refractivity (Wildman–Crippen MR) is 63.3 cm³/mol. The number of hydrogen-bond acceptors (Lipinski definition) is 5. The summed E-state index contributed by atoms with van der Waals surface area (Å²) in [4.78, 5) is 4.41. The number of hydrogen-bond donors (Lipinski definition) is 1. The van der Waals surface area contributed by atoms with Crippen molar-refractivity contribution in [2.45, 2.75) is 19.9 Å². The van der Waals surface area contributed by atoms with Crippen LogP contribution in [0.5, 0.6) is 0 Å². The molecule has 0 radical (unpaired) electrons. The zero-order valence-corrected chi connectivity index (χ0v) is 10.3. The van der Waals surface area contributed by atoms with Crippen LogP contribution in [0.15, 0.2) is 11.7 Å². The molecule has 0 aromatic carbocycles. The van der Waals surface area contributed by atoms with Gasteiger partial charge in [-0.05, 0) is 6.92 Å². The Labute approximate surface area is 98.5 Å².